The predicted octanol–water partition coefficient (Wildman–Crippen LogP) is 1.50. The molecule has 2 aromatic heterocycles. The maximum Gasteiger partial charge on any atom is 0.153 e. The molecular formula is C16H22O7S2. The Hall–Kier alpha value is -1.58. The second-order valence-corrected chi connectivity index (χ2v) is 10.7. The molecule has 2 atom stereocenters. The summed E-state index contributed by atoms with van der Waals surface area (Å²) in [5.74, 6) is 1.07. The third kappa shape index (κ3) is 6.33. The highest BCUT2D eigenvalue weighted by molar-refractivity contribution is 7.91. The van der Waals surface area contributed by atoms with Gasteiger partial charge in [0.2, 0.25) is 0 Å². The van der Waals surface area contributed by atoms with Crippen molar-refractivity contribution in [3.8, 4) is 0 Å². The van der Waals surface area contributed by atoms with E-state index in [9.17, 15) is 16.8 Å². The van der Waals surface area contributed by atoms with Crippen LogP contribution >= 0.6 is 0 Å². The molecule has 7 nitrogen and oxygen atoms in total. The number of hydrogen-bond acceptors (Lipinski definition) is 7. The summed E-state index contributed by atoms with van der Waals surface area (Å²) in [6.45, 7) is -0.215. The lowest BCUT2D eigenvalue weighted by atomic mass is 10.2. The van der Waals surface area contributed by atoms with Crippen LogP contribution in [0, 0.1) is 0 Å². The maximum absolute atomic E-state index is 11.9. The Morgan fingerprint density at radius 2 is 1.24 bits per heavy atom. The SMILES string of the molecule is CS(=O)(=O)C(COCC(Cc1ccco1)S(C)(=O)=O)Cc1ccco1. The fraction of sp³-hybridized carbons (Fsp3) is 0.500. The number of hydrogen-bond donors (Lipinski definition) is 0. The third-order valence-electron chi connectivity index (χ3n) is 3.84. The highest BCUT2D eigenvalue weighted by Gasteiger charge is 2.26. The third-order valence-corrected chi connectivity index (χ3v) is 6.86. The van der Waals surface area contributed by atoms with Gasteiger partial charge < -0.3 is 13.6 Å². The molecule has 25 heavy (non-hydrogen) atoms. The Balaban J connectivity index is 1.98. The normalized spacial score (nSPS) is 15.1. The molecule has 0 radical (unpaired) electrons. The Labute approximate surface area is 147 Å². The summed E-state index contributed by atoms with van der Waals surface area (Å²) >= 11 is 0. The van der Waals surface area contributed by atoms with Crippen LogP contribution in [-0.4, -0.2) is 53.1 Å². The second-order valence-electron chi connectivity index (χ2n) is 6.01. The molecular weight excluding hydrogens is 368 g/mol. The Morgan fingerprint density at radius 1 is 0.840 bits per heavy atom. The van der Waals surface area contributed by atoms with E-state index in [1.165, 1.54) is 12.5 Å². The second kappa shape index (κ2) is 8.20. The van der Waals surface area contributed by atoms with Crippen LogP contribution in [0.4, 0.5) is 0 Å². The van der Waals surface area contributed by atoms with Gasteiger partial charge in [0.1, 0.15) is 11.5 Å². The van der Waals surface area contributed by atoms with Crippen molar-refractivity contribution in [3.05, 3.63) is 48.3 Å². The minimum atomic E-state index is -3.38. The van der Waals surface area contributed by atoms with Crippen molar-refractivity contribution >= 4 is 19.7 Å². The molecule has 2 heterocycles. The molecule has 0 amide bonds. The van der Waals surface area contributed by atoms with Crippen molar-refractivity contribution < 1.29 is 30.4 Å². The number of furan rings is 2. The largest absolute Gasteiger partial charge is 0.469 e. The van der Waals surface area contributed by atoms with Crippen molar-refractivity contribution in [1.29, 1.82) is 0 Å². The molecule has 2 aromatic rings. The van der Waals surface area contributed by atoms with Crippen LogP contribution in [0.1, 0.15) is 11.5 Å². The van der Waals surface area contributed by atoms with Crippen molar-refractivity contribution in [1.82, 2.24) is 0 Å². The standard InChI is InChI=1S/C16H22O7S2/c1-24(17,18)15(9-13-5-3-7-22-13)11-21-12-16(25(2,19)20)10-14-6-4-8-23-14/h3-8,15-16H,9-12H2,1-2H3. The van der Waals surface area contributed by atoms with E-state index >= 15 is 0 Å². The van der Waals surface area contributed by atoms with E-state index in [0.717, 1.165) is 12.5 Å². The van der Waals surface area contributed by atoms with Gasteiger partial charge in [-0.1, -0.05) is 0 Å². The first kappa shape index (κ1) is 19.7. The molecule has 0 N–H and O–H groups in total. The highest BCUT2D eigenvalue weighted by Crippen LogP contribution is 2.14. The minimum absolute atomic E-state index is 0.107. The van der Waals surface area contributed by atoms with Crippen LogP contribution in [0.15, 0.2) is 45.6 Å². The average molecular weight is 390 g/mol. The summed E-state index contributed by atoms with van der Waals surface area (Å²) in [5, 5.41) is -1.61. The van der Waals surface area contributed by atoms with Crippen LogP contribution in [0.25, 0.3) is 0 Å². The van der Waals surface area contributed by atoms with Gasteiger partial charge in [-0.2, -0.15) is 0 Å². The van der Waals surface area contributed by atoms with Crippen molar-refractivity contribution in [2.24, 2.45) is 0 Å². The molecule has 0 saturated heterocycles. The molecule has 2 unspecified atom stereocenters. The summed E-state index contributed by atoms with van der Waals surface area (Å²) in [5.41, 5.74) is 0. The van der Waals surface area contributed by atoms with Crippen LogP contribution in [0.5, 0.6) is 0 Å². The number of sulfone groups is 2. The fourth-order valence-corrected chi connectivity index (χ4v) is 3.93. The van der Waals surface area contributed by atoms with Crippen molar-refractivity contribution in [2.75, 3.05) is 25.7 Å². The lowest BCUT2D eigenvalue weighted by Crippen LogP contribution is -2.33. The smallest absolute Gasteiger partial charge is 0.153 e. The van der Waals surface area contributed by atoms with Crippen LogP contribution in [-0.2, 0) is 37.3 Å². The lowest BCUT2D eigenvalue weighted by Gasteiger charge is -2.18. The first-order valence-electron chi connectivity index (χ1n) is 7.66. The lowest BCUT2D eigenvalue weighted by molar-refractivity contribution is 0.131. The molecule has 0 spiro atoms. The Bertz CT molecular complexity index is 762. The molecule has 0 saturated carbocycles. The fourth-order valence-electron chi connectivity index (χ4n) is 2.30. The summed E-state index contributed by atoms with van der Waals surface area (Å²) in [6.07, 6.45) is 5.54. The van der Waals surface area contributed by atoms with E-state index in [0.29, 0.717) is 11.5 Å². The van der Waals surface area contributed by atoms with Crippen molar-refractivity contribution in [3.63, 3.8) is 0 Å². The van der Waals surface area contributed by atoms with Gasteiger partial charge >= 0.3 is 0 Å². The highest BCUT2D eigenvalue weighted by atomic mass is 32.2. The quantitative estimate of drug-likeness (QED) is 0.605. The zero-order valence-electron chi connectivity index (χ0n) is 14.1. The Kier molecular flexibility index (Phi) is 6.47. The molecule has 9 heteroatoms. The Morgan fingerprint density at radius 3 is 1.52 bits per heavy atom. The summed E-state index contributed by atoms with van der Waals surface area (Å²) in [6, 6.07) is 6.74. The van der Waals surface area contributed by atoms with E-state index in [2.05, 4.69) is 0 Å². The first-order valence-corrected chi connectivity index (χ1v) is 11.6. The average Bonchev–Trinajstić information content (AvgIpc) is 3.16. The van der Waals surface area contributed by atoms with Crippen LogP contribution in [0.2, 0.25) is 0 Å². The monoisotopic (exact) mass is 390 g/mol. The molecule has 0 fully saturated rings. The molecule has 0 aliphatic rings. The molecule has 0 aliphatic heterocycles. The first-order chi connectivity index (χ1) is 11.7. The zero-order valence-corrected chi connectivity index (χ0v) is 15.8. The molecule has 0 aromatic carbocycles. The summed E-state index contributed by atoms with van der Waals surface area (Å²) in [4.78, 5) is 0. The maximum atomic E-state index is 11.9. The summed E-state index contributed by atoms with van der Waals surface area (Å²) < 4.78 is 63.6. The molecule has 0 aliphatic carbocycles. The van der Waals surface area contributed by atoms with Crippen molar-refractivity contribution in [2.45, 2.75) is 23.3 Å². The predicted molar refractivity (Wildman–Crippen MR) is 92.9 cm³/mol. The van der Waals surface area contributed by atoms with Gasteiger partial charge in [0.05, 0.1) is 36.2 Å². The van der Waals surface area contributed by atoms with E-state index < -0.39 is 30.2 Å². The van der Waals surface area contributed by atoms with E-state index in [1.54, 1.807) is 24.3 Å². The van der Waals surface area contributed by atoms with Crippen LogP contribution < -0.4 is 0 Å². The van der Waals surface area contributed by atoms with Gasteiger partial charge in [-0.15, -0.1) is 0 Å². The molecule has 2 rings (SSSR count). The van der Waals surface area contributed by atoms with Gasteiger partial charge in [-0.05, 0) is 24.3 Å². The molecule has 0 bridgehead atoms. The number of rotatable bonds is 10. The van der Waals surface area contributed by atoms with Gasteiger partial charge in [0.15, 0.2) is 19.7 Å². The van der Waals surface area contributed by atoms with Gasteiger partial charge in [0, 0.05) is 25.4 Å². The van der Waals surface area contributed by atoms with E-state index in [1.807, 2.05) is 0 Å². The topological polar surface area (TPSA) is 104 Å². The van der Waals surface area contributed by atoms with Gasteiger partial charge in [-0.3, -0.25) is 0 Å². The number of ether oxygens (including phenoxy) is 1. The molecule has 140 valence electrons. The van der Waals surface area contributed by atoms with Gasteiger partial charge in [0.25, 0.3) is 0 Å². The van der Waals surface area contributed by atoms with E-state index in [4.69, 9.17) is 13.6 Å². The minimum Gasteiger partial charge on any atom is -0.469 e. The van der Waals surface area contributed by atoms with E-state index in [-0.39, 0.29) is 26.1 Å². The zero-order chi connectivity index (χ0) is 18.5. The van der Waals surface area contributed by atoms with Gasteiger partial charge in [-0.25, -0.2) is 16.8 Å². The van der Waals surface area contributed by atoms with Crippen LogP contribution in [0.3, 0.4) is 0 Å². The summed E-state index contributed by atoms with van der Waals surface area (Å²) in [7, 11) is -6.75.